The van der Waals surface area contributed by atoms with Crippen LogP contribution >= 0.6 is 11.6 Å². The lowest BCUT2D eigenvalue weighted by Crippen LogP contribution is -2.34. The molecule has 7 nitrogen and oxygen atoms in total. The van der Waals surface area contributed by atoms with E-state index >= 15 is 0 Å². The molecule has 1 fully saturated rings. The smallest absolute Gasteiger partial charge is 0.407 e. The van der Waals surface area contributed by atoms with E-state index in [0.717, 1.165) is 10.1 Å². The van der Waals surface area contributed by atoms with Crippen molar-refractivity contribution < 1.29 is 18.0 Å². The predicted octanol–water partition coefficient (Wildman–Crippen LogP) is 3.36. The van der Waals surface area contributed by atoms with Gasteiger partial charge in [0.15, 0.2) is 0 Å². The van der Waals surface area contributed by atoms with Crippen LogP contribution in [-0.2, 0) is 18.3 Å². The van der Waals surface area contributed by atoms with Crippen molar-refractivity contribution in [2.24, 2.45) is 6.98 Å². The van der Waals surface area contributed by atoms with Crippen LogP contribution in [0.3, 0.4) is 0 Å². The topological polar surface area (TPSA) is 78.2 Å². The Balaban J connectivity index is 1.55. The van der Waals surface area contributed by atoms with Crippen LogP contribution in [0.5, 0.6) is 0 Å². The van der Waals surface area contributed by atoms with E-state index in [4.69, 9.17) is 20.5 Å². The minimum Gasteiger partial charge on any atom is -0.445 e. The van der Waals surface area contributed by atoms with Gasteiger partial charge in [-0.15, -0.1) is 0 Å². The number of nitrogens with one attached hydrogen (secondary N) is 1. The summed E-state index contributed by atoms with van der Waals surface area (Å²) in [5.41, 5.74) is 0.130. The molecule has 1 aliphatic carbocycles. The van der Waals surface area contributed by atoms with Crippen LogP contribution in [-0.4, -0.2) is 32.4 Å². The van der Waals surface area contributed by atoms with Gasteiger partial charge in [-0.25, -0.2) is 19.0 Å². The van der Waals surface area contributed by atoms with Crippen LogP contribution in [0.15, 0.2) is 47.4 Å². The minimum absolute atomic E-state index is 0.0327. The number of imidazole rings is 1. The average molecular weight is 422 g/mol. The highest BCUT2D eigenvalue weighted by molar-refractivity contribution is 6.29. The number of alkyl carbamates (subject to hydrolysis) is 1. The van der Waals surface area contributed by atoms with Crippen molar-refractivity contribution in [3.05, 3.63) is 63.8 Å². The molecule has 29 heavy (non-hydrogen) atoms. The molecule has 3 atom stereocenters. The van der Waals surface area contributed by atoms with Crippen LogP contribution < -0.4 is 11.0 Å². The number of aromatic nitrogens is 3. The molecule has 1 saturated carbocycles. The summed E-state index contributed by atoms with van der Waals surface area (Å²) in [6, 6.07) is 8.87. The number of rotatable bonds is 4. The molecule has 0 aliphatic heterocycles. The van der Waals surface area contributed by atoms with Crippen molar-refractivity contribution in [1.29, 1.82) is 0 Å². The van der Waals surface area contributed by atoms with Gasteiger partial charge in [0.2, 0.25) is 0 Å². The second-order valence-electron chi connectivity index (χ2n) is 6.94. The summed E-state index contributed by atoms with van der Waals surface area (Å²) in [5.74, 6) is 0. The Bertz CT molecular complexity index is 1200. The quantitative estimate of drug-likeness (QED) is 0.655. The van der Waals surface area contributed by atoms with Crippen molar-refractivity contribution in [3.63, 3.8) is 0 Å². The molecule has 0 radical (unpaired) electrons. The van der Waals surface area contributed by atoms with E-state index in [2.05, 4.69) is 10.3 Å². The van der Waals surface area contributed by atoms with Crippen LogP contribution in [0.25, 0.3) is 11.0 Å². The van der Waals surface area contributed by atoms with Crippen LogP contribution in [0.4, 0.5) is 9.18 Å². The highest BCUT2D eigenvalue weighted by Crippen LogP contribution is 2.34. The first-order chi connectivity index (χ1) is 15.1. The number of benzene rings is 1. The number of pyridine rings is 1. The highest BCUT2D eigenvalue weighted by atomic mass is 35.5. The molecule has 0 saturated heterocycles. The maximum Gasteiger partial charge on any atom is 0.407 e. The Morgan fingerprint density at radius 2 is 2.17 bits per heavy atom. The number of amides is 1. The zero-order valence-electron chi connectivity index (χ0n) is 18.2. The number of carbonyl (C=O) groups is 1. The Morgan fingerprint density at radius 3 is 2.93 bits per heavy atom. The lowest BCUT2D eigenvalue weighted by atomic mass is 10.2. The Hall–Kier alpha value is -2.87. The molecule has 3 unspecified atom stereocenters. The summed E-state index contributed by atoms with van der Waals surface area (Å²) in [5, 5.41) is 2.67. The third-order valence-electron chi connectivity index (χ3n) is 5.05. The van der Waals surface area contributed by atoms with Crippen molar-refractivity contribution in [2.45, 2.75) is 37.7 Å². The van der Waals surface area contributed by atoms with Gasteiger partial charge in [-0.05, 0) is 12.0 Å². The van der Waals surface area contributed by atoms with Gasteiger partial charge < -0.3 is 10.1 Å². The first kappa shape index (κ1) is 16.0. The minimum atomic E-state index is -2.78. The number of aryl methyl sites for hydroxylation is 1. The first-order valence-electron chi connectivity index (χ1n) is 10.6. The van der Waals surface area contributed by atoms with Gasteiger partial charge in [0.1, 0.15) is 17.9 Å². The van der Waals surface area contributed by atoms with E-state index in [1.807, 2.05) is 30.3 Å². The molecular weight excluding hydrogens is 399 g/mol. The summed E-state index contributed by atoms with van der Waals surface area (Å²) in [7, 11) is 0. The van der Waals surface area contributed by atoms with Crippen molar-refractivity contribution in [3.8, 4) is 0 Å². The highest BCUT2D eigenvalue weighted by Gasteiger charge is 2.38. The molecule has 1 aliphatic rings. The van der Waals surface area contributed by atoms with Crippen LogP contribution in [0, 0.1) is 0 Å². The van der Waals surface area contributed by atoms with E-state index in [9.17, 15) is 14.0 Å². The molecule has 3 aromatic rings. The molecule has 1 aromatic carbocycles. The number of halogens is 2. The van der Waals surface area contributed by atoms with E-state index in [1.54, 1.807) is 0 Å². The Labute approximate surface area is 175 Å². The van der Waals surface area contributed by atoms with E-state index in [1.165, 1.54) is 12.3 Å². The summed E-state index contributed by atoms with van der Waals surface area (Å²) in [4.78, 5) is 29.0. The van der Waals surface area contributed by atoms with Gasteiger partial charge in [0, 0.05) is 29.6 Å². The second-order valence-corrected chi connectivity index (χ2v) is 7.33. The molecule has 9 heteroatoms. The normalized spacial score (nSPS) is 23.4. The number of fused-ring (bicyclic) bond motifs is 1. The number of ether oxygens (including phenoxy) is 1. The molecule has 0 bridgehead atoms. The summed E-state index contributed by atoms with van der Waals surface area (Å²) in [6.45, 7) is -2.71. The summed E-state index contributed by atoms with van der Waals surface area (Å²) < 4.78 is 44.9. The van der Waals surface area contributed by atoms with Gasteiger partial charge in [-0.3, -0.25) is 9.13 Å². The summed E-state index contributed by atoms with van der Waals surface area (Å²) in [6.07, 6.45) is -0.968. The van der Waals surface area contributed by atoms with Gasteiger partial charge in [0.05, 0.1) is 23.3 Å². The van der Waals surface area contributed by atoms with Gasteiger partial charge >= 0.3 is 11.8 Å². The summed E-state index contributed by atoms with van der Waals surface area (Å²) >= 11 is 5.95. The van der Waals surface area contributed by atoms with Crippen molar-refractivity contribution in [2.75, 3.05) is 0 Å². The molecule has 0 spiro atoms. The van der Waals surface area contributed by atoms with Crippen LogP contribution in [0.2, 0.25) is 5.15 Å². The predicted molar refractivity (Wildman–Crippen MR) is 107 cm³/mol. The third kappa shape index (κ3) is 3.85. The second kappa shape index (κ2) is 7.87. The van der Waals surface area contributed by atoms with E-state index in [0.29, 0.717) is 4.57 Å². The molecule has 2 aromatic heterocycles. The Kier molecular flexibility index (Phi) is 4.34. The zero-order valence-corrected chi connectivity index (χ0v) is 16.0. The number of hydrogen-bond donors (Lipinski definition) is 1. The van der Waals surface area contributed by atoms with Gasteiger partial charge in [0.25, 0.3) is 0 Å². The fourth-order valence-electron chi connectivity index (χ4n) is 3.69. The Morgan fingerprint density at radius 1 is 1.38 bits per heavy atom. The monoisotopic (exact) mass is 421 g/mol. The third-order valence-corrected chi connectivity index (χ3v) is 5.25. The van der Waals surface area contributed by atoms with Crippen molar-refractivity contribution >= 4 is 28.7 Å². The maximum atomic E-state index is 15.0. The molecule has 1 N–H and O–H groups in total. The van der Waals surface area contributed by atoms with Gasteiger partial charge in [-0.2, -0.15) is 0 Å². The average Bonchev–Trinajstić information content (AvgIpc) is 3.22. The SMILES string of the molecule is [2H]C([2H])([2H])n1c(=O)n(C2CC(NC(=O)OCc3ccccc3)CC2F)c2cc(Cl)ncc21. The lowest BCUT2D eigenvalue weighted by molar-refractivity contribution is 0.135. The number of nitrogens with zero attached hydrogens (tertiary/aromatic N) is 3. The number of alkyl halides is 1. The number of carbonyl (C=O) groups excluding carboxylic acids is 1. The van der Waals surface area contributed by atoms with Gasteiger partial charge in [-0.1, -0.05) is 41.9 Å². The lowest BCUT2D eigenvalue weighted by Gasteiger charge is -2.15. The molecule has 4 rings (SSSR count). The first-order valence-corrected chi connectivity index (χ1v) is 9.43. The largest absolute Gasteiger partial charge is 0.445 e. The van der Waals surface area contributed by atoms with E-state index in [-0.39, 0.29) is 35.6 Å². The molecule has 2 heterocycles. The standard InChI is InChI=1S/C20H20ClFN4O3/c1-25-17-10-23-18(21)9-16(17)26(20(25)28)15-8-13(7-14(15)22)24-19(27)29-11-12-5-3-2-4-6-12/h2-6,9-10,13-15H,7-8,11H2,1H3,(H,24,27)/i1D3. The maximum absolute atomic E-state index is 15.0. The number of hydrogen-bond acceptors (Lipinski definition) is 4. The van der Waals surface area contributed by atoms with Crippen LogP contribution in [0.1, 0.15) is 28.6 Å². The fraction of sp³-hybridized carbons (Fsp3) is 0.350. The molecular formula is C20H20ClFN4O3. The zero-order chi connectivity index (χ0) is 23.0. The molecule has 1 amide bonds. The van der Waals surface area contributed by atoms with E-state index < -0.39 is 37.0 Å². The van der Waals surface area contributed by atoms with Crippen molar-refractivity contribution in [1.82, 2.24) is 19.4 Å². The molecule has 152 valence electrons. The fourth-order valence-corrected chi connectivity index (χ4v) is 3.85.